The van der Waals surface area contributed by atoms with Crippen molar-refractivity contribution in [3.63, 3.8) is 0 Å². The molecule has 12 aromatic rings. The number of benzene rings is 4. The van der Waals surface area contributed by atoms with Gasteiger partial charge in [-0.1, -0.05) is 0 Å². The van der Waals surface area contributed by atoms with Crippen molar-refractivity contribution >= 4 is 69.1 Å². The number of amides is 4. The Morgan fingerprint density at radius 1 is 0.407 bits per heavy atom. The molecule has 4 amide bonds. The SMILES string of the molecule is CN(C)CCCNc1ccc(C(=O)Nc2cc(-c3ccncc3)c[nH]c2=O)cc1.COCCCN1CCN(c2ccc(C(=O)Nc3cc(-c4ccncc4)c[nH]c3=O)cc2)CC1.NCCCNc1ccc(C(=O)Nc2cc(-c3ccncc3)c[nH]c2=O)cc1.O=C(Nc1cc(-c2ccncc2)c[nH]c1=O)c1ccc(N2CCCNCC2)cc1. The van der Waals surface area contributed by atoms with Crippen LogP contribution in [-0.4, -0.2) is 186 Å². The molecule has 2 saturated heterocycles. The summed E-state index contributed by atoms with van der Waals surface area (Å²) in [6.45, 7) is 13.0. The van der Waals surface area contributed by atoms with Gasteiger partial charge in [-0.05, 0) is 252 Å². The van der Waals surface area contributed by atoms with Gasteiger partial charge in [0.15, 0.2) is 0 Å². The van der Waals surface area contributed by atoms with Crippen LogP contribution in [0.15, 0.2) is 263 Å². The number of methoxy groups -OCH3 is 1. The van der Waals surface area contributed by atoms with Crippen molar-refractivity contribution in [2.24, 2.45) is 5.73 Å². The molecule has 8 aromatic heterocycles. The summed E-state index contributed by atoms with van der Waals surface area (Å²) >= 11 is 0. The van der Waals surface area contributed by atoms with Crippen molar-refractivity contribution < 1.29 is 23.9 Å². The molecule has 2 fully saturated rings. The van der Waals surface area contributed by atoms with Gasteiger partial charge < -0.3 is 82.3 Å². The first-order valence-corrected chi connectivity index (χ1v) is 39.0. The molecule has 29 heteroatoms. The molecule has 0 bridgehead atoms. The first-order valence-electron chi connectivity index (χ1n) is 39.0. The maximum atomic E-state index is 12.8. The lowest BCUT2D eigenvalue weighted by Gasteiger charge is -2.36. The molecule has 4 aromatic carbocycles. The number of nitrogens with two attached hydrogens (primary N) is 1. The largest absolute Gasteiger partial charge is 0.385 e. The third kappa shape index (κ3) is 25.6. The van der Waals surface area contributed by atoms with Crippen LogP contribution in [0.4, 0.5) is 45.5 Å². The molecule has 29 nitrogen and oxygen atoms in total. The highest BCUT2D eigenvalue weighted by Crippen LogP contribution is 2.26. The number of aromatic amines is 4. The summed E-state index contributed by atoms with van der Waals surface area (Å²) in [6, 6.07) is 50.7. The molecule has 608 valence electrons. The Balaban J connectivity index is 0.000000155. The van der Waals surface area contributed by atoms with Crippen LogP contribution >= 0.6 is 0 Å². The van der Waals surface area contributed by atoms with E-state index in [-0.39, 0.29) is 68.6 Å². The van der Waals surface area contributed by atoms with Gasteiger partial charge in [0.05, 0.1) is 0 Å². The Hall–Kier alpha value is -13.8. The summed E-state index contributed by atoms with van der Waals surface area (Å²) in [4.78, 5) is 135. The van der Waals surface area contributed by atoms with Crippen molar-refractivity contribution in [1.29, 1.82) is 0 Å². The van der Waals surface area contributed by atoms with Crippen molar-refractivity contribution in [3.8, 4) is 44.5 Å². The number of nitrogens with zero attached hydrogens (tertiary/aromatic N) is 8. The zero-order valence-corrected chi connectivity index (χ0v) is 66.2. The summed E-state index contributed by atoms with van der Waals surface area (Å²) in [6.07, 6.45) is 23.9. The third-order valence-corrected chi connectivity index (χ3v) is 19.3. The Bertz CT molecular complexity index is 5440. The lowest BCUT2D eigenvalue weighted by Crippen LogP contribution is -2.46. The summed E-state index contributed by atoms with van der Waals surface area (Å²) in [5.41, 5.74) is 17.7. The molecule has 2 aliphatic rings. The summed E-state index contributed by atoms with van der Waals surface area (Å²) < 4.78 is 5.13. The van der Waals surface area contributed by atoms with Crippen LogP contribution < -0.4 is 75.0 Å². The van der Waals surface area contributed by atoms with E-state index in [1.807, 2.05) is 111 Å². The molecule has 0 atom stereocenters. The summed E-state index contributed by atoms with van der Waals surface area (Å²) in [7, 11) is 5.83. The van der Waals surface area contributed by atoms with Gasteiger partial charge in [-0.25, -0.2) is 0 Å². The van der Waals surface area contributed by atoms with Gasteiger partial charge in [0, 0.05) is 221 Å². The van der Waals surface area contributed by atoms with E-state index < -0.39 is 0 Å². The van der Waals surface area contributed by atoms with Crippen LogP contribution in [0.25, 0.3) is 44.5 Å². The number of ether oxygens (including phenoxy) is 1. The average Bonchev–Trinajstić information content (AvgIpc) is 1.10. The van der Waals surface area contributed by atoms with E-state index in [1.165, 1.54) is 0 Å². The number of nitrogens with one attached hydrogen (secondary N) is 11. The van der Waals surface area contributed by atoms with E-state index in [2.05, 4.69) is 96.7 Å². The standard InChI is InChI=1S/C25H29N5O3.C22H23N5O2.C22H25N5O2.C20H21N5O2/c1-33-16-2-11-29-12-14-30(15-13-29)22-5-3-20(4-6-22)24(31)28-23-17-21(18-27-25(23)32)19-7-9-26-10-8-19;28-21(17-2-4-19(5-3-17)27-12-1-8-23-11-13-27)26-20-14-18(15-25-22(20)29)16-6-9-24-10-7-16;1-27(2)13-3-10-24-19-6-4-17(5-7-19)21(28)26-20-14-18(15-25-22(20)29)16-8-11-23-12-9-16;21-8-1-9-23-17-4-2-15(3-5-17)19(26)25-18-12-16(13-24-20(18)27)14-6-10-22-11-7-14/h3-10,17-18H,2,11-16H2,1H3,(H,27,32)(H,28,31);2-7,9-10,14-15,23H,1,8,11-13H2,(H,25,29)(H,26,28);4-9,11-12,14-15,24H,3,10,13H2,1-2H3,(H,25,29)(H,26,28);2-7,10-13,23H,1,8-9,21H2,(H,24,27)(H,25,26). The highest BCUT2D eigenvalue weighted by molar-refractivity contribution is 6.07. The molecule has 0 aliphatic carbocycles. The van der Waals surface area contributed by atoms with E-state index in [4.69, 9.17) is 10.5 Å². The predicted octanol–water partition coefficient (Wildman–Crippen LogP) is 10.8. The predicted molar refractivity (Wildman–Crippen MR) is 467 cm³/mol. The molecule has 10 heterocycles. The Morgan fingerprint density at radius 3 is 1.07 bits per heavy atom. The van der Waals surface area contributed by atoms with E-state index in [0.717, 1.165) is 178 Å². The van der Waals surface area contributed by atoms with Gasteiger partial charge in [-0.2, -0.15) is 0 Å². The molecular weight excluding hydrogens is 1490 g/mol. The molecule has 0 saturated carbocycles. The van der Waals surface area contributed by atoms with Gasteiger partial charge in [-0.3, -0.25) is 63.2 Å². The normalized spacial score (nSPS) is 12.5. The smallest absolute Gasteiger partial charge is 0.271 e. The summed E-state index contributed by atoms with van der Waals surface area (Å²) in [5, 5.41) is 20.8. The zero-order valence-electron chi connectivity index (χ0n) is 66.2. The van der Waals surface area contributed by atoms with Gasteiger partial charge in [0.25, 0.3) is 45.9 Å². The maximum absolute atomic E-state index is 12.8. The van der Waals surface area contributed by atoms with Gasteiger partial charge in [0.2, 0.25) is 0 Å². The van der Waals surface area contributed by atoms with Crippen LogP contribution in [0, 0.1) is 0 Å². The van der Waals surface area contributed by atoms with Crippen molar-refractivity contribution in [2.45, 2.75) is 25.7 Å². The van der Waals surface area contributed by atoms with E-state index >= 15 is 0 Å². The van der Waals surface area contributed by atoms with Crippen LogP contribution in [0.5, 0.6) is 0 Å². The van der Waals surface area contributed by atoms with Gasteiger partial charge in [0.1, 0.15) is 22.7 Å². The fourth-order valence-electron chi connectivity index (χ4n) is 12.8. The van der Waals surface area contributed by atoms with Crippen LogP contribution in [0.2, 0.25) is 0 Å². The Morgan fingerprint density at radius 2 is 0.737 bits per heavy atom. The number of pyridine rings is 8. The number of piperazine rings is 1. The minimum Gasteiger partial charge on any atom is -0.385 e. The molecular formula is C89H98N20O9. The fraction of sp³-hybridized carbons (Fsp3) is 0.236. The lowest BCUT2D eigenvalue weighted by atomic mass is 10.1. The minimum absolute atomic E-state index is 0.194. The van der Waals surface area contributed by atoms with E-state index in [1.54, 1.807) is 154 Å². The monoisotopic (exact) mass is 1590 g/mol. The molecule has 13 N–H and O–H groups in total. The van der Waals surface area contributed by atoms with Gasteiger partial charge >= 0.3 is 0 Å². The van der Waals surface area contributed by atoms with E-state index in [9.17, 15) is 38.4 Å². The number of aromatic nitrogens is 8. The van der Waals surface area contributed by atoms with Crippen LogP contribution in [0.1, 0.15) is 67.1 Å². The second kappa shape index (κ2) is 44.2. The number of hydrogen-bond donors (Lipinski definition) is 12. The Labute approximate surface area is 683 Å². The number of H-pyrrole nitrogens is 4. The second-order valence-electron chi connectivity index (χ2n) is 28.0. The number of carbonyl (C=O) groups excluding carboxylic acids is 4. The number of hydrogen-bond acceptors (Lipinski definition) is 21. The molecule has 14 rings (SSSR count). The fourth-order valence-corrected chi connectivity index (χ4v) is 12.8. The molecule has 0 unspecified atom stereocenters. The number of anilines is 8. The first-order chi connectivity index (χ1) is 57.5. The van der Waals surface area contributed by atoms with E-state index in [0.29, 0.717) is 28.8 Å². The third-order valence-electron chi connectivity index (χ3n) is 19.3. The number of rotatable bonds is 27. The lowest BCUT2D eigenvalue weighted by molar-refractivity contribution is 0.101. The Kier molecular flexibility index (Phi) is 31.8. The van der Waals surface area contributed by atoms with Crippen molar-refractivity contribution in [2.75, 3.05) is 155 Å². The number of carbonyl (C=O) groups is 4. The highest BCUT2D eigenvalue weighted by atomic mass is 16.5. The molecule has 118 heavy (non-hydrogen) atoms. The second-order valence-corrected chi connectivity index (χ2v) is 28.0. The molecule has 0 spiro atoms. The average molecular weight is 1590 g/mol. The molecule has 2 aliphatic heterocycles. The van der Waals surface area contributed by atoms with Crippen molar-refractivity contribution in [1.82, 2.24) is 55.0 Å². The molecule has 0 radical (unpaired) electrons. The topological polar surface area (TPSA) is 384 Å². The van der Waals surface area contributed by atoms with Crippen LogP contribution in [0.3, 0.4) is 0 Å². The first kappa shape index (κ1) is 85.1. The van der Waals surface area contributed by atoms with Gasteiger partial charge in [-0.15, -0.1) is 0 Å². The quantitative estimate of drug-likeness (QED) is 0.0213. The van der Waals surface area contributed by atoms with Crippen molar-refractivity contribution in [3.05, 3.63) is 308 Å². The summed E-state index contributed by atoms with van der Waals surface area (Å²) in [5.74, 6) is -1.31. The highest BCUT2D eigenvalue weighted by Gasteiger charge is 2.20. The maximum Gasteiger partial charge on any atom is 0.271 e. The minimum atomic E-state index is -0.360. The zero-order chi connectivity index (χ0) is 82.8. The van der Waals surface area contributed by atoms with Crippen LogP contribution in [-0.2, 0) is 4.74 Å².